The van der Waals surface area contributed by atoms with E-state index >= 15 is 0 Å². The van der Waals surface area contributed by atoms with E-state index in [-0.39, 0.29) is 0 Å². The Morgan fingerprint density at radius 2 is 1.11 bits per heavy atom. The van der Waals surface area contributed by atoms with Crippen molar-refractivity contribution in [2.75, 3.05) is 0 Å². The fourth-order valence-electron chi connectivity index (χ4n) is 6.29. The molecule has 5 aromatic carbocycles. The van der Waals surface area contributed by atoms with Gasteiger partial charge in [0, 0.05) is 28.0 Å². The molecule has 4 aromatic heterocycles. The molecule has 0 radical (unpaired) electrons. The largest absolute Gasteiger partial charge is 0.456 e. The molecule has 9 aromatic rings. The third kappa shape index (κ3) is 2.35. The van der Waals surface area contributed by atoms with Gasteiger partial charge in [0.15, 0.2) is 0 Å². The zero-order valence-corrected chi connectivity index (χ0v) is 19.7. The van der Waals surface area contributed by atoms with E-state index in [1.54, 1.807) is 0 Å². The van der Waals surface area contributed by atoms with E-state index in [4.69, 9.17) is 9.40 Å². The van der Waals surface area contributed by atoms with Crippen LogP contribution in [0.3, 0.4) is 0 Å². The van der Waals surface area contributed by atoms with Gasteiger partial charge in [-0.25, -0.2) is 4.98 Å². The lowest BCUT2D eigenvalue weighted by Gasteiger charge is -2.10. The molecular weight excluding hydrogens is 454 g/mol. The minimum absolute atomic E-state index is 0.879. The zero-order valence-electron chi connectivity index (χ0n) is 19.7. The maximum atomic E-state index is 6.70. The molecule has 0 unspecified atom stereocenters. The van der Waals surface area contributed by atoms with Crippen LogP contribution in [0.2, 0.25) is 0 Å². The fourth-order valence-corrected chi connectivity index (χ4v) is 6.29. The smallest absolute Gasteiger partial charge is 0.145 e. The molecule has 0 spiro atoms. The molecule has 0 aliphatic carbocycles. The van der Waals surface area contributed by atoms with Crippen LogP contribution in [0.25, 0.3) is 77.1 Å². The summed E-state index contributed by atoms with van der Waals surface area (Å²) >= 11 is 0. The maximum Gasteiger partial charge on any atom is 0.145 e. The Labute approximate surface area is 210 Å². The molecule has 4 heterocycles. The van der Waals surface area contributed by atoms with E-state index in [9.17, 15) is 0 Å². The van der Waals surface area contributed by atoms with Gasteiger partial charge in [-0.3, -0.25) is 4.57 Å². The van der Waals surface area contributed by atoms with Gasteiger partial charge >= 0.3 is 0 Å². The SMILES string of the molecule is c1ccc(-n2c3cccc4oc5cccc6c5c5c(c43)c2ccc5n6-c2nccc3ccccc23)cc1. The Morgan fingerprint density at radius 3 is 1.86 bits per heavy atom. The van der Waals surface area contributed by atoms with Crippen LogP contribution >= 0.6 is 0 Å². The first-order valence-corrected chi connectivity index (χ1v) is 12.5. The first-order chi connectivity index (χ1) is 18.4. The molecule has 0 saturated heterocycles. The summed E-state index contributed by atoms with van der Waals surface area (Å²) in [4.78, 5) is 4.91. The molecule has 0 saturated carbocycles. The summed E-state index contributed by atoms with van der Waals surface area (Å²) in [5.74, 6) is 0.933. The minimum Gasteiger partial charge on any atom is -0.456 e. The van der Waals surface area contributed by atoms with Crippen molar-refractivity contribution in [1.82, 2.24) is 14.1 Å². The number of hydrogen-bond donors (Lipinski definition) is 0. The van der Waals surface area contributed by atoms with Gasteiger partial charge in [-0.15, -0.1) is 0 Å². The maximum absolute atomic E-state index is 6.70. The van der Waals surface area contributed by atoms with Crippen molar-refractivity contribution in [3.63, 3.8) is 0 Å². The minimum atomic E-state index is 0.879. The summed E-state index contributed by atoms with van der Waals surface area (Å²) in [6.07, 6.45) is 1.90. The Bertz CT molecular complexity index is 2290. The highest BCUT2D eigenvalue weighted by Gasteiger charge is 2.25. The number of fused-ring (bicyclic) bond motifs is 1. The van der Waals surface area contributed by atoms with Crippen LogP contribution in [0.15, 0.2) is 120 Å². The van der Waals surface area contributed by atoms with Gasteiger partial charge in [0.1, 0.15) is 17.0 Å². The monoisotopic (exact) mass is 473 g/mol. The number of para-hydroxylation sites is 1. The van der Waals surface area contributed by atoms with E-state index in [0.29, 0.717) is 0 Å². The summed E-state index contributed by atoms with van der Waals surface area (Å²) in [6, 6.07) is 38.3. The van der Waals surface area contributed by atoms with E-state index in [0.717, 1.165) is 55.4 Å². The fraction of sp³-hybridized carbons (Fsp3) is 0. The Kier molecular flexibility index (Phi) is 3.50. The molecule has 0 bridgehead atoms. The van der Waals surface area contributed by atoms with Crippen LogP contribution in [0.1, 0.15) is 0 Å². The normalized spacial score (nSPS) is 12.3. The Morgan fingerprint density at radius 1 is 0.486 bits per heavy atom. The second kappa shape index (κ2) is 6.77. The third-order valence-corrected chi connectivity index (χ3v) is 7.73. The first kappa shape index (κ1) is 19.1. The van der Waals surface area contributed by atoms with Crippen molar-refractivity contribution in [3.8, 4) is 11.5 Å². The standard InChI is InChI=1S/C33H19N3O/c1-2-9-21(10-3-1)35-23-12-6-14-27-29(23)31-25(35)16-17-26-32(31)30-24(13-7-15-28(30)37-27)36(26)33-22-11-5-4-8-20(22)18-19-34-33/h1-19H. The molecule has 0 amide bonds. The van der Waals surface area contributed by atoms with Gasteiger partial charge in [0.2, 0.25) is 0 Å². The highest BCUT2D eigenvalue weighted by atomic mass is 16.3. The topological polar surface area (TPSA) is 35.9 Å². The average molecular weight is 474 g/mol. The van der Waals surface area contributed by atoms with Crippen molar-refractivity contribution < 1.29 is 4.42 Å². The number of rotatable bonds is 2. The summed E-state index contributed by atoms with van der Waals surface area (Å²) in [5, 5.41) is 7.00. The predicted octanol–water partition coefficient (Wildman–Crippen LogP) is 8.61. The Hall–Kier alpha value is -5.09. The van der Waals surface area contributed by atoms with Crippen LogP contribution in [0.5, 0.6) is 0 Å². The van der Waals surface area contributed by atoms with Crippen LogP contribution in [0.4, 0.5) is 0 Å². The van der Waals surface area contributed by atoms with Crippen LogP contribution < -0.4 is 0 Å². The van der Waals surface area contributed by atoms with Crippen LogP contribution in [0, 0.1) is 0 Å². The molecule has 0 N–H and O–H groups in total. The number of benzene rings is 5. The van der Waals surface area contributed by atoms with Crippen molar-refractivity contribution >= 4 is 65.6 Å². The first-order valence-electron chi connectivity index (χ1n) is 12.5. The number of pyridine rings is 1. The number of aromatic nitrogens is 3. The molecule has 37 heavy (non-hydrogen) atoms. The lowest BCUT2D eigenvalue weighted by molar-refractivity contribution is 0.664. The van der Waals surface area contributed by atoms with Crippen molar-refractivity contribution in [1.29, 1.82) is 0 Å². The lowest BCUT2D eigenvalue weighted by atomic mass is 10.1. The predicted molar refractivity (Wildman–Crippen MR) is 151 cm³/mol. The zero-order chi connectivity index (χ0) is 24.1. The molecule has 4 heteroatoms. The van der Waals surface area contributed by atoms with E-state index < -0.39 is 0 Å². The van der Waals surface area contributed by atoms with Gasteiger partial charge in [0.25, 0.3) is 0 Å². The van der Waals surface area contributed by atoms with Gasteiger partial charge in [-0.05, 0) is 60.0 Å². The molecule has 4 nitrogen and oxygen atoms in total. The lowest BCUT2D eigenvalue weighted by Crippen LogP contribution is -1.98. The molecule has 0 aliphatic heterocycles. The van der Waals surface area contributed by atoms with Crippen molar-refractivity contribution in [3.05, 3.63) is 115 Å². The summed E-state index contributed by atoms with van der Waals surface area (Å²) in [5.41, 5.74) is 7.45. The molecular formula is C33H19N3O. The van der Waals surface area contributed by atoms with E-state index in [1.165, 1.54) is 21.7 Å². The molecule has 0 atom stereocenters. The van der Waals surface area contributed by atoms with Crippen molar-refractivity contribution in [2.45, 2.75) is 0 Å². The van der Waals surface area contributed by atoms with Gasteiger partial charge in [-0.2, -0.15) is 0 Å². The highest BCUT2D eigenvalue weighted by molar-refractivity contribution is 6.34. The quantitative estimate of drug-likeness (QED) is 0.252. The van der Waals surface area contributed by atoms with Gasteiger partial charge in [0.05, 0.1) is 32.8 Å². The van der Waals surface area contributed by atoms with Crippen LogP contribution in [-0.4, -0.2) is 14.1 Å². The second-order valence-corrected chi connectivity index (χ2v) is 9.62. The third-order valence-electron chi connectivity index (χ3n) is 7.73. The highest BCUT2D eigenvalue weighted by Crippen LogP contribution is 2.46. The number of nitrogens with zero attached hydrogens (tertiary/aromatic N) is 3. The van der Waals surface area contributed by atoms with Gasteiger partial charge in [-0.1, -0.05) is 54.6 Å². The Balaban J connectivity index is 1.57. The number of hydrogen-bond acceptors (Lipinski definition) is 2. The molecule has 0 fully saturated rings. The summed E-state index contributed by atoms with van der Waals surface area (Å²) in [6.45, 7) is 0. The average Bonchev–Trinajstić information content (AvgIpc) is 3.41. The van der Waals surface area contributed by atoms with Crippen LogP contribution in [-0.2, 0) is 0 Å². The van der Waals surface area contributed by atoms with Crippen molar-refractivity contribution in [2.24, 2.45) is 0 Å². The van der Waals surface area contributed by atoms with E-state index in [1.807, 2.05) is 6.20 Å². The molecule has 9 rings (SSSR count). The molecule has 0 aliphatic rings. The van der Waals surface area contributed by atoms with E-state index in [2.05, 4.69) is 118 Å². The molecule has 172 valence electrons. The summed E-state index contributed by atoms with van der Waals surface area (Å²) in [7, 11) is 0. The summed E-state index contributed by atoms with van der Waals surface area (Å²) < 4.78 is 11.4. The second-order valence-electron chi connectivity index (χ2n) is 9.62. The van der Waals surface area contributed by atoms with Gasteiger partial charge < -0.3 is 8.98 Å².